The molecule has 0 aliphatic carbocycles. The molecule has 1 aromatic carbocycles. The smallest absolute Gasteiger partial charge is 0.303 e. The molecule has 0 spiro atoms. The molecular weight excluding hydrogens is 320 g/mol. The lowest BCUT2D eigenvalue weighted by Gasteiger charge is -2.13. The number of aliphatic carboxylic acids is 1. The molecule has 1 heterocycles. The summed E-state index contributed by atoms with van der Waals surface area (Å²) in [5, 5.41) is 12.6. The van der Waals surface area contributed by atoms with Gasteiger partial charge in [-0.3, -0.25) is 9.59 Å². The molecule has 0 bridgehead atoms. The van der Waals surface area contributed by atoms with Crippen LogP contribution in [-0.2, 0) is 11.3 Å². The zero-order valence-corrected chi connectivity index (χ0v) is 15.3. The maximum Gasteiger partial charge on any atom is 0.303 e. The summed E-state index contributed by atoms with van der Waals surface area (Å²) in [5.41, 5.74) is 2.54. The molecule has 0 fully saturated rings. The number of rotatable bonds is 8. The van der Waals surface area contributed by atoms with E-state index >= 15 is 0 Å². The van der Waals surface area contributed by atoms with Crippen molar-refractivity contribution in [2.75, 3.05) is 7.11 Å². The van der Waals surface area contributed by atoms with Gasteiger partial charge in [-0.1, -0.05) is 6.92 Å². The number of benzene rings is 1. The number of aryl methyl sites for hydroxylation is 1. The molecule has 0 saturated carbocycles. The summed E-state index contributed by atoms with van der Waals surface area (Å²) in [7, 11) is 1.60. The monoisotopic (exact) mass is 346 g/mol. The molecule has 25 heavy (non-hydrogen) atoms. The van der Waals surface area contributed by atoms with Gasteiger partial charge in [0.2, 0.25) is 0 Å². The molecule has 2 aromatic rings. The van der Waals surface area contributed by atoms with E-state index < -0.39 is 5.97 Å². The second-order valence-corrected chi connectivity index (χ2v) is 6.30. The van der Waals surface area contributed by atoms with Gasteiger partial charge in [0.05, 0.1) is 12.7 Å². The molecule has 0 saturated heterocycles. The third-order valence-electron chi connectivity index (χ3n) is 4.37. The van der Waals surface area contributed by atoms with Crippen LogP contribution in [0.4, 0.5) is 0 Å². The summed E-state index contributed by atoms with van der Waals surface area (Å²) in [4.78, 5) is 23.5. The van der Waals surface area contributed by atoms with Gasteiger partial charge in [0.1, 0.15) is 5.75 Å². The lowest BCUT2D eigenvalue weighted by molar-refractivity contribution is -0.137. The predicted molar refractivity (Wildman–Crippen MR) is 97.3 cm³/mol. The lowest BCUT2D eigenvalue weighted by Crippen LogP contribution is -2.33. The van der Waals surface area contributed by atoms with E-state index in [1.807, 2.05) is 32.0 Å². The summed E-state index contributed by atoms with van der Waals surface area (Å²) in [6, 6.07) is 5.54. The van der Waals surface area contributed by atoms with Crippen LogP contribution in [0.25, 0.3) is 10.9 Å². The van der Waals surface area contributed by atoms with Crippen LogP contribution in [0, 0.1) is 6.92 Å². The summed E-state index contributed by atoms with van der Waals surface area (Å²) in [6.07, 6.45) is 1.40. The Bertz CT molecular complexity index is 779. The normalized spacial score (nSPS) is 12.2. The number of hydrogen-bond donors (Lipinski definition) is 2. The van der Waals surface area contributed by atoms with Crippen molar-refractivity contribution in [3.63, 3.8) is 0 Å². The van der Waals surface area contributed by atoms with Crippen LogP contribution in [0.5, 0.6) is 5.75 Å². The molecule has 1 unspecified atom stereocenters. The zero-order chi connectivity index (χ0) is 18.6. The van der Waals surface area contributed by atoms with E-state index in [9.17, 15) is 9.59 Å². The number of carboxylic acid groups (broad SMARTS) is 1. The van der Waals surface area contributed by atoms with Gasteiger partial charge in [-0.15, -0.1) is 0 Å². The fraction of sp³-hybridized carbons (Fsp3) is 0.474. The number of aromatic nitrogens is 1. The maximum atomic E-state index is 12.8. The van der Waals surface area contributed by atoms with Crippen LogP contribution in [0.1, 0.15) is 49.2 Å². The van der Waals surface area contributed by atoms with Crippen LogP contribution in [-0.4, -0.2) is 34.7 Å². The van der Waals surface area contributed by atoms with Crippen molar-refractivity contribution in [2.45, 2.75) is 52.6 Å². The van der Waals surface area contributed by atoms with Gasteiger partial charge in [0, 0.05) is 35.6 Å². The third-order valence-corrected chi connectivity index (χ3v) is 4.37. The first kappa shape index (κ1) is 18.8. The van der Waals surface area contributed by atoms with E-state index in [2.05, 4.69) is 16.8 Å². The number of carbonyl (C=O) groups is 2. The Morgan fingerprint density at radius 3 is 2.68 bits per heavy atom. The standard InChI is InChI=1S/C19H26N2O4/c1-5-10-21-13(3)18(15-11-14(25-4)7-8-16(15)21)19(24)20-12(2)6-9-17(22)23/h7-8,11-12H,5-6,9-10H2,1-4H3,(H,20,24)(H,22,23). The van der Waals surface area contributed by atoms with E-state index in [0.29, 0.717) is 17.7 Å². The van der Waals surface area contributed by atoms with Crippen LogP contribution in [0.3, 0.4) is 0 Å². The number of nitrogens with zero attached hydrogens (tertiary/aromatic N) is 1. The topological polar surface area (TPSA) is 80.6 Å². The molecule has 0 radical (unpaired) electrons. The largest absolute Gasteiger partial charge is 0.497 e. The molecule has 2 rings (SSSR count). The Hall–Kier alpha value is -2.50. The van der Waals surface area contributed by atoms with Crippen molar-refractivity contribution in [1.29, 1.82) is 0 Å². The highest BCUT2D eigenvalue weighted by atomic mass is 16.5. The van der Waals surface area contributed by atoms with Crippen molar-refractivity contribution < 1.29 is 19.4 Å². The minimum atomic E-state index is -0.860. The number of carbonyl (C=O) groups excluding carboxylic acids is 1. The predicted octanol–water partition coefficient (Wildman–Crippen LogP) is 3.35. The quantitative estimate of drug-likeness (QED) is 0.768. The minimum Gasteiger partial charge on any atom is -0.497 e. The molecule has 1 amide bonds. The lowest BCUT2D eigenvalue weighted by atomic mass is 10.1. The highest BCUT2D eigenvalue weighted by molar-refractivity contribution is 6.08. The van der Waals surface area contributed by atoms with Crippen molar-refractivity contribution in [1.82, 2.24) is 9.88 Å². The van der Waals surface area contributed by atoms with Gasteiger partial charge < -0.3 is 19.7 Å². The highest BCUT2D eigenvalue weighted by Crippen LogP contribution is 2.29. The zero-order valence-electron chi connectivity index (χ0n) is 15.3. The van der Waals surface area contributed by atoms with Crippen LogP contribution in [0.2, 0.25) is 0 Å². The van der Waals surface area contributed by atoms with Gasteiger partial charge in [-0.05, 0) is 44.9 Å². The van der Waals surface area contributed by atoms with Crippen molar-refractivity contribution in [2.24, 2.45) is 0 Å². The van der Waals surface area contributed by atoms with Crippen LogP contribution < -0.4 is 10.1 Å². The fourth-order valence-electron chi connectivity index (χ4n) is 3.09. The molecule has 6 heteroatoms. The number of hydrogen-bond acceptors (Lipinski definition) is 3. The number of ether oxygens (including phenoxy) is 1. The Kier molecular flexibility index (Phi) is 6.07. The summed E-state index contributed by atoms with van der Waals surface area (Å²) >= 11 is 0. The van der Waals surface area contributed by atoms with Gasteiger partial charge in [-0.25, -0.2) is 0 Å². The molecule has 1 atom stereocenters. The van der Waals surface area contributed by atoms with E-state index in [-0.39, 0.29) is 18.4 Å². The number of methoxy groups -OCH3 is 1. The molecular formula is C19H26N2O4. The Labute approximate surface area is 147 Å². The van der Waals surface area contributed by atoms with Gasteiger partial charge >= 0.3 is 5.97 Å². The van der Waals surface area contributed by atoms with Crippen molar-refractivity contribution >= 4 is 22.8 Å². The van der Waals surface area contributed by atoms with E-state index in [1.54, 1.807) is 7.11 Å². The van der Waals surface area contributed by atoms with Gasteiger partial charge in [0.25, 0.3) is 5.91 Å². The van der Waals surface area contributed by atoms with E-state index in [1.165, 1.54) is 0 Å². The Morgan fingerprint density at radius 2 is 2.08 bits per heavy atom. The molecule has 0 aliphatic rings. The summed E-state index contributed by atoms with van der Waals surface area (Å²) < 4.78 is 7.45. The van der Waals surface area contributed by atoms with Gasteiger partial charge in [0.15, 0.2) is 0 Å². The summed E-state index contributed by atoms with van der Waals surface area (Å²) in [6.45, 7) is 6.69. The molecule has 136 valence electrons. The van der Waals surface area contributed by atoms with E-state index in [4.69, 9.17) is 9.84 Å². The number of fused-ring (bicyclic) bond motifs is 1. The van der Waals surface area contributed by atoms with Crippen LogP contribution in [0.15, 0.2) is 18.2 Å². The maximum absolute atomic E-state index is 12.8. The molecule has 6 nitrogen and oxygen atoms in total. The Morgan fingerprint density at radius 1 is 1.36 bits per heavy atom. The third kappa shape index (κ3) is 4.13. The second kappa shape index (κ2) is 8.05. The summed E-state index contributed by atoms with van der Waals surface area (Å²) in [5.74, 6) is -0.334. The van der Waals surface area contributed by atoms with Crippen molar-refractivity contribution in [3.05, 3.63) is 29.5 Å². The van der Waals surface area contributed by atoms with Crippen molar-refractivity contribution in [3.8, 4) is 5.75 Å². The highest BCUT2D eigenvalue weighted by Gasteiger charge is 2.21. The van der Waals surface area contributed by atoms with E-state index in [0.717, 1.165) is 29.6 Å². The first-order valence-electron chi connectivity index (χ1n) is 8.58. The fourth-order valence-corrected chi connectivity index (χ4v) is 3.09. The molecule has 1 aromatic heterocycles. The van der Waals surface area contributed by atoms with Crippen LogP contribution >= 0.6 is 0 Å². The second-order valence-electron chi connectivity index (χ2n) is 6.30. The SMILES string of the molecule is CCCn1c(C)c(C(=O)NC(C)CCC(=O)O)c2cc(OC)ccc21. The first-order chi connectivity index (χ1) is 11.9. The Balaban J connectivity index is 2.39. The minimum absolute atomic E-state index is 0.0336. The number of nitrogens with one attached hydrogen (secondary N) is 1. The molecule has 2 N–H and O–H groups in total. The number of amides is 1. The average molecular weight is 346 g/mol. The average Bonchev–Trinajstić information content (AvgIpc) is 2.84. The number of carboxylic acids is 1. The van der Waals surface area contributed by atoms with Gasteiger partial charge in [-0.2, -0.15) is 0 Å². The first-order valence-corrected chi connectivity index (χ1v) is 8.58. The molecule has 0 aliphatic heterocycles.